The zero-order valence-electron chi connectivity index (χ0n) is 45.9. The van der Waals surface area contributed by atoms with Crippen molar-refractivity contribution in [2.75, 3.05) is 26.7 Å². The lowest BCUT2D eigenvalue weighted by Gasteiger charge is -2.51. The molecule has 1 aliphatic carbocycles. The fourth-order valence-corrected chi connectivity index (χ4v) is 8.06. The molecule has 2 heterocycles. The first kappa shape index (κ1) is 63.8. The topological polar surface area (TPSA) is 351 Å². The van der Waals surface area contributed by atoms with Gasteiger partial charge in [-0.1, -0.05) is 0 Å². The van der Waals surface area contributed by atoms with E-state index in [4.69, 9.17) is 42.6 Å². The summed E-state index contributed by atoms with van der Waals surface area (Å²) in [5.74, 6) is -0.948. The molecular weight excluding hydrogens is 979 g/mol. The molecule has 6 unspecified atom stereocenters. The first-order valence-electron chi connectivity index (χ1n) is 25.0. The number of hydrogen-bond donors (Lipinski definition) is 11. The third-order valence-electron chi connectivity index (χ3n) is 10.9. The molecular formula is C48H87N7O19. The average molecular weight is 1070 g/mol. The van der Waals surface area contributed by atoms with Crippen LogP contribution in [0.25, 0.3) is 0 Å². The predicted molar refractivity (Wildman–Crippen MR) is 263 cm³/mol. The van der Waals surface area contributed by atoms with Crippen molar-refractivity contribution in [3.05, 3.63) is 0 Å². The Balaban J connectivity index is 2.16. The number of likely N-dealkylation sites (N-methyl/N-ethyl adjacent to an activating group) is 1. The molecule has 3 fully saturated rings. The van der Waals surface area contributed by atoms with Gasteiger partial charge in [0.1, 0.15) is 52.4 Å². The van der Waals surface area contributed by atoms with Crippen molar-refractivity contribution in [1.82, 2.24) is 37.2 Å². The van der Waals surface area contributed by atoms with Gasteiger partial charge < -0.3 is 100 Å². The summed E-state index contributed by atoms with van der Waals surface area (Å²) in [6.07, 6.45) is -17.5. The second-order valence-corrected chi connectivity index (χ2v) is 23.6. The van der Waals surface area contributed by atoms with Gasteiger partial charge in [-0.05, 0) is 137 Å². The summed E-state index contributed by atoms with van der Waals surface area (Å²) in [5.41, 5.74) is -4.50. The maximum Gasteiger partial charge on any atom is 0.408 e. The van der Waals surface area contributed by atoms with Crippen LogP contribution in [0.5, 0.6) is 0 Å². The van der Waals surface area contributed by atoms with E-state index >= 15 is 0 Å². The fourth-order valence-electron chi connectivity index (χ4n) is 8.06. The van der Waals surface area contributed by atoms with Crippen LogP contribution in [0.2, 0.25) is 0 Å². The summed E-state index contributed by atoms with van der Waals surface area (Å²) < 4.78 is 53.1. The van der Waals surface area contributed by atoms with Gasteiger partial charge in [-0.25, -0.2) is 24.0 Å². The van der Waals surface area contributed by atoms with Gasteiger partial charge in [-0.15, -0.1) is 0 Å². The van der Waals surface area contributed by atoms with Gasteiger partial charge in [-0.2, -0.15) is 0 Å². The summed E-state index contributed by atoms with van der Waals surface area (Å²) in [7, 11) is 1.50. The number of rotatable bonds is 16. The van der Waals surface area contributed by atoms with Crippen LogP contribution in [0.1, 0.15) is 130 Å². The van der Waals surface area contributed by atoms with Crippen molar-refractivity contribution in [3.8, 4) is 0 Å². The minimum atomic E-state index is -1.88. The molecule has 26 heteroatoms. The molecule has 0 aromatic rings. The highest BCUT2D eigenvalue weighted by atomic mass is 16.7. The average Bonchev–Trinajstić information content (AvgIpc) is 3.21. The Morgan fingerprint density at radius 1 is 0.554 bits per heavy atom. The maximum atomic E-state index is 14.0. The molecule has 0 aromatic carbocycles. The molecule has 6 amide bonds. The maximum absolute atomic E-state index is 14.0. The van der Waals surface area contributed by atoms with Crippen molar-refractivity contribution in [2.24, 2.45) is 0 Å². The number of nitrogens with one attached hydrogen (secondary N) is 7. The Hall–Kier alpha value is -4.54. The van der Waals surface area contributed by atoms with Gasteiger partial charge in [-0.3, -0.25) is 4.79 Å². The van der Waals surface area contributed by atoms with Crippen molar-refractivity contribution in [1.29, 1.82) is 0 Å². The lowest BCUT2D eigenvalue weighted by molar-refractivity contribution is -0.305. The van der Waals surface area contributed by atoms with Crippen LogP contribution in [0.3, 0.4) is 0 Å². The van der Waals surface area contributed by atoms with Gasteiger partial charge in [0.15, 0.2) is 12.6 Å². The largest absolute Gasteiger partial charge is 0.444 e. The highest BCUT2D eigenvalue weighted by Gasteiger charge is 2.54. The second-order valence-electron chi connectivity index (χ2n) is 23.6. The summed E-state index contributed by atoms with van der Waals surface area (Å²) in [6.45, 7) is 23.9. The first-order chi connectivity index (χ1) is 33.9. The number of aliphatic hydroxyl groups excluding tert-OH is 4. The standard InChI is InChI=1S/C48H87N7O19/c1-44(2,3)70-39(61)50-20-19-28(57)36(60)52-26-21-27(54-42(64)73-47(10,11)12)35(31(49-16)34(26)69-38-33(59)30(32(58)29(23-56)67-38)55-43(65)74-48(13,14)15)68-37-25(53-41(63)72-46(7,8)9)18-17-24(66-37)22-51-40(62)71-45(4,5)6/h24-35,37-38,49,56-59H,17-23H2,1-16H3,(H,50,61)(H,51,62)(H,52,60)(H,53,63)(H,54,64)(H,55,65)/t24?,25?,26-,27+,28+,29?,30+,31?,32-,33?,34+,35?,37-,38-/m1/s1. The van der Waals surface area contributed by atoms with Crippen molar-refractivity contribution in [2.45, 2.75) is 243 Å². The van der Waals surface area contributed by atoms with Crippen LogP contribution in [0.15, 0.2) is 0 Å². The van der Waals surface area contributed by atoms with Crippen LogP contribution < -0.4 is 37.2 Å². The fraction of sp³-hybridized carbons (Fsp3) is 0.875. The molecule has 3 aliphatic rings. The van der Waals surface area contributed by atoms with E-state index in [0.29, 0.717) is 6.42 Å². The number of carbonyl (C=O) groups is 6. The molecule has 3 rings (SSSR count). The smallest absolute Gasteiger partial charge is 0.408 e. The number of amides is 6. The van der Waals surface area contributed by atoms with Crippen LogP contribution in [-0.2, 0) is 47.4 Å². The Morgan fingerprint density at radius 3 is 1.49 bits per heavy atom. The molecule has 26 nitrogen and oxygen atoms in total. The highest BCUT2D eigenvalue weighted by Crippen LogP contribution is 2.34. The Morgan fingerprint density at radius 2 is 1.00 bits per heavy atom. The number of carbonyl (C=O) groups excluding carboxylic acids is 6. The van der Waals surface area contributed by atoms with Crippen molar-refractivity contribution in [3.63, 3.8) is 0 Å². The molecule has 74 heavy (non-hydrogen) atoms. The van der Waals surface area contributed by atoms with E-state index < -0.39 is 157 Å². The van der Waals surface area contributed by atoms with E-state index in [-0.39, 0.29) is 32.4 Å². The Bertz CT molecular complexity index is 1860. The van der Waals surface area contributed by atoms with Gasteiger partial charge in [0, 0.05) is 13.1 Å². The zero-order chi connectivity index (χ0) is 56.3. The summed E-state index contributed by atoms with van der Waals surface area (Å²) in [4.78, 5) is 79.2. The first-order valence-corrected chi connectivity index (χ1v) is 25.0. The predicted octanol–water partition coefficient (Wildman–Crippen LogP) is 1.66. The summed E-state index contributed by atoms with van der Waals surface area (Å²) in [6, 6.07) is -6.05. The van der Waals surface area contributed by atoms with Crippen LogP contribution in [-0.4, -0.2) is 197 Å². The molecule has 2 aliphatic heterocycles. The van der Waals surface area contributed by atoms with E-state index in [0.717, 1.165) is 0 Å². The molecule has 11 N–H and O–H groups in total. The minimum absolute atomic E-state index is 0.0453. The highest BCUT2D eigenvalue weighted by molar-refractivity contribution is 5.81. The van der Waals surface area contributed by atoms with E-state index in [9.17, 15) is 49.2 Å². The van der Waals surface area contributed by atoms with Crippen molar-refractivity contribution >= 4 is 36.4 Å². The SMILES string of the molecule is CNC1C(O[C@H]2OC(CNC(=O)OC(C)(C)C)CCC2NC(=O)OC(C)(C)C)[C@@H](NC(=O)OC(C)(C)C)C[C@@H](NC(=O)[C@@H](O)CCNC(=O)OC(C)(C)C)[C@@H]1O[C@H]1OC(CO)[C@@H](O)[C@H](NC(=O)OC(C)(C)C)C1O. The lowest BCUT2D eigenvalue weighted by atomic mass is 9.81. The van der Waals surface area contributed by atoms with Gasteiger partial charge in [0.05, 0.1) is 55.1 Å². The molecule has 0 radical (unpaired) electrons. The van der Waals surface area contributed by atoms with E-state index in [1.165, 1.54) is 7.05 Å². The number of hydrogen-bond acceptors (Lipinski definition) is 20. The van der Waals surface area contributed by atoms with E-state index in [1.54, 1.807) is 104 Å². The van der Waals surface area contributed by atoms with Crippen LogP contribution in [0, 0.1) is 0 Å². The molecule has 2 saturated heterocycles. The molecule has 0 aromatic heterocycles. The van der Waals surface area contributed by atoms with Gasteiger partial charge >= 0.3 is 30.5 Å². The molecule has 1 saturated carbocycles. The van der Waals surface area contributed by atoms with Crippen molar-refractivity contribution < 1.29 is 91.8 Å². The zero-order valence-corrected chi connectivity index (χ0v) is 45.9. The second kappa shape index (κ2) is 26.5. The van der Waals surface area contributed by atoms with Crippen LogP contribution >= 0.6 is 0 Å². The molecule has 14 atom stereocenters. The van der Waals surface area contributed by atoms with E-state index in [2.05, 4.69) is 37.2 Å². The normalized spacial score (nSPS) is 29.3. The Labute approximate surface area is 434 Å². The minimum Gasteiger partial charge on any atom is -0.444 e. The molecule has 0 spiro atoms. The quantitative estimate of drug-likeness (QED) is 0.0979. The lowest BCUT2D eigenvalue weighted by Crippen LogP contribution is -2.72. The van der Waals surface area contributed by atoms with E-state index in [1.807, 2.05) is 0 Å². The monoisotopic (exact) mass is 1070 g/mol. The van der Waals surface area contributed by atoms with Gasteiger partial charge in [0.2, 0.25) is 5.91 Å². The Kier molecular flexibility index (Phi) is 22.8. The molecule has 428 valence electrons. The third-order valence-corrected chi connectivity index (χ3v) is 10.9. The van der Waals surface area contributed by atoms with Gasteiger partial charge in [0.25, 0.3) is 0 Å². The number of aliphatic hydroxyl groups is 4. The number of ether oxygens (including phenoxy) is 9. The number of alkyl carbamates (subject to hydrolysis) is 5. The van der Waals surface area contributed by atoms with Crippen LogP contribution in [0.4, 0.5) is 24.0 Å². The third kappa shape index (κ3) is 22.0. The summed E-state index contributed by atoms with van der Waals surface area (Å²) in [5, 5.41) is 63.7. The summed E-state index contributed by atoms with van der Waals surface area (Å²) >= 11 is 0. The molecule has 0 bridgehead atoms.